The Bertz CT molecular complexity index is 369. The third-order valence-corrected chi connectivity index (χ3v) is 4.97. The SMILES string of the molecule is C[Si](C)(C)c1cccc(I)c1C(=O)O. The number of carbonyl (C=O) groups is 1. The number of hydrogen-bond acceptors (Lipinski definition) is 1. The number of benzene rings is 1. The van der Waals surface area contributed by atoms with Gasteiger partial charge in [0.15, 0.2) is 0 Å². The number of hydrogen-bond donors (Lipinski definition) is 1. The van der Waals surface area contributed by atoms with Gasteiger partial charge in [-0.3, -0.25) is 0 Å². The summed E-state index contributed by atoms with van der Waals surface area (Å²) in [5.41, 5.74) is 0.493. The van der Waals surface area contributed by atoms with E-state index in [1.165, 1.54) is 0 Å². The van der Waals surface area contributed by atoms with Crippen LogP contribution in [0.1, 0.15) is 10.4 Å². The van der Waals surface area contributed by atoms with E-state index in [0.29, 0.717) is 5.56 Å². The Morgan fingerprint density at radius 2 is 1.93 bits per heavy atom. The molecular formula is C10H13IO2Si. The summed E-state index contributed by atoms with van der Waals surface area (Å²) in [4.78, 5) is 11.1. The van der Waals surface area contributed by atoms with Gasteiger partial charge in [-0.05, 0) is 33.8 Å². The number of rotatable bonds is 2. The van der Waals surface area contributed by atoms with E-state index in [2.05, 4.69) is 42.2 Å². The zero-order valence-corrected chi connectivity index (χ0v) is 11.6. The standard InChI is InChI=1S/C10H13IO2Si/c1-14(2,3)8-6-4-5-7(11)9(8)10(12)13/h4-6H,1-3H3,(H,12,13). The van der Waals surface area contributed by atoms with Crippen LogP contribution in [-0.4, -0.2) is 19.1 Å². The first kappa shape index (κ1) is 11.7. The van der Waals surface area contributed by atoms with Crippen LogP contribution in [0.2, 0.25) is 19.6 Å². The molecule has 1 aromatic carbocycles. The van der Waals surface area contributed by atoms with Crippen LogP contribution in [0.25, 0.3) is 0 Å². The highest BCUT2D eigenvalue weighted by Crippen LogP contribution is 2.14. The molecule has 0 aliphatic carbocycles. The van der Waals surface area contributed by atoms with Crippen LogP contribution in [0.3, 0.4) is 0 Å². The van der Waals surface area contributed by atoms with Crippen molar-refractivity contribution in [2.75, 3.05) is 0 Å². The van der Waals surface area contributed by atoms with Crippen molar-refractivity contribution in [3.63, 3.8) is 0 Å². The first-order valence-corrected chi connectivity index (χ1v) is 8.94. The molecule has 0 radical (unpaired) electrons. The highest BCUT2D eigenvalue weighted by atomic mass is 127. The van der Waals surface area contributed by atoms with Gasteiger partial charge in [0.05, 0.1) is 13.6 Å². The average molecular weight is 320 g/mol. The summed E-state index contributed by atoms with van der Waals surface area (Å²) in [7, 11) is -1.56. The van der Waals surface area contributed by atoms with Crippen LogP contribution in [0.15, 0.2) is 18.2 Å². The normalized spacial score (nSPS) is 11.4. The van der Waals surface area contributed by atoms with Crippen molar-refractivity contribution in [2.24, 2.45) is 0 Å². The zero-order valence-electron chi connectivity index (χ0n) is 8.47. The lowest BCUT2D eigenvalue weighted by molar-refractivity contribution is 0.0697. The van der Waals surface area contributed by atoms with E-state index in [1.54, 1.807) is 0 Å². The van der Waals surface area contributed by atoms with Gasteiger partial charge in [0.1, 0.15) is 0 Å². The number of halogens is 1. The summed E-state index contributed by atoms with van der Waals surface area (Å²) in [6.07, 6.45) is 0. The van der Waals surface area contributed by atoms with Crippen molar-refractivity contribution < 1.29 is 9.90 Å². The van der Waals surface area contributed by atoms with E-state index in [1.807, 2.05) is 18.2 Å². The van der Waals surface area contributed by atoms with Gasteiger partial charge in [-0.25, -0.2) is 4.79 Å². The summed E-state index contributed by atoms with van der Waals surface area (Å²) in [5.74, 6) is -0.813. The van der Waals surface area contributed by atoms with Crippen molar-refractivity contribution >= 4 is 41.8 Å². The molecular weight excluding hydrogens is 307 g/mol. The first-order valence-electron chi connectivity index (χ1n) is 4.36. The van der Waals surface area contributed by atoms with E-state index in [4.69, 9.17) is 5.11 Å². The lowest BCUT2D eigenvalue weighted by Gasteiger charge is -2.19. The van der Waals surface area contributed by atoms with Crippen LogP contribution in [0, 0.1) is 3.57 Å². The lowest BCUT2D eigenvalue weighted by Crippen LogP contribution is -2.41. The third kappa shape index (κ3) is 2.36. The zero-order chi connectivity index (χ0) is 10.9. The molecule has 0 aromatic heterocycles. The molecule has 4 heteroatoms. The van der Waals surface area contributed by atoms with E-state index in [9.17, 15) is 4.79 Å². The Morgan fingerprint density at radius 1 is 1.36 bits per heavy atom. The predicted octanol–water partition coefficient (Wildman–Crippen LogP) is 2.53. The van der Waals surface area contributed by atoms with Gasteiger partial charge in [0.25, 0.3) is 0 Å². The fraction of sp³-hybridized carbons (Fsp3) is 0.300. The van der Waals surface area contributed by atoms with Gasteiger partial charge < -0.3 is 5.11 Å². The van der Waals surface area contributed by atoms with Crippen molar-refractivity contribution in [2.45, 2.75) is 19.6 Å². The molecule has 0 atom stereocenters. The van der Waals surface area contributed by atoms with Gasteiger partial charge in [-0.2, -0.15) is 0 Å². The molecule has 2 nitrogen and oxygen atoms in total. The Labute approximate surface area is 98.5 Å². The molecule has 1 rings (SSSR count). The van der Waals surface area contributed by atoms with E-state index < -0.39 is 14.0 Å². The minimum Gasteiger partial charge on any atom is -0.478 e. The maximum Gasteiger partial charge on any atom is 0.336 e. The molecule has 0 unspecified atom stereocenters. The Hall–Kier alpha value is -0.363. The molecule has 0 saturated carbocycles. The highest BCUT2D eigenvalue weighted by molar-refractivity contribution is 14.1. The fourth-order valence-corrected chi connectivity index (χ4v) is 3.94. The largest absolute Gasteiger partial charge is 0.478 e. The highest BCUT2D eigenvalue weighted by Gasteiger charge is 2.24. The maximum atomic E-state index is 11.1. The van der Waals surface area contributed by atoms with Gasteiger partial charge >= 0.3 is 5.97 Å². The summed E-state index contributed by atoms with van der Waals surface area (Å²) in [5, 5.41) is 10.2. The van der Waals surface area contributed by atoms with Crippen molar-refractivity contribution in [1.82, 2.24) is 0 Å². The van der Waals surface area contributed by atoms with Crippen molar-refractivity contribution in [3.05, 3.63) is 27.3 Å². The number of aromatic carboxylic acids is 1. The summed E-state index contributed by atoms with van der Waals surface area (Å²) >= 11 is 2.08. The molecule has 14 heavy (non-hydrogen) atoms. The second-order valence-corrected chi connectivity index (χ2v) is 10.4. The lowest BCUT2D eigenvalue weighted by atomic mass is 10.2. The topological polar surface area (TPSA) is 37.3 Å². The van der Waals surface area contributed by atoms with Gasteiger partial charge in [-0.1, -0.05) is 31.8 Å². The number of carboxylic acids is 1. The molecule has 0 aliphatic rings. The Morgan fingerprint density at radius 3 is 2.29 bits per heavy atom. The van der Waals surface area contributed by atoms with E-state index in [0.717, 1.165) is 8.76 Å². The third-order valence-electron chi connectivity index (χ3n) is 2.04. The number of carboxylic acid groups (broad SMARTS) is 1. The summed E-state index contributed by atoms with van der Waals surface area (Å²) in [6, 6.07) is 5.72. The van der Waals surface area contributed by atoms with Gasteiger partial charge in [-0.15, -0.1) is 0 Å². The van der Waals surface area contributed by atoms with Gasteiger partial charge in [0, 0.05) is 3.57 Å². The molecule has 0 aliphatic heterocycles. The molecule has 1 aromatic rings. The van der Waals surface area contributed by atoms with Crippen LogP contribution in [-0.2, 0) is 0 Å². The minimum atomic E-state index is -1.56. The molecule has 0 amide bonds. The van der Waals surface area contributed by atoms with Gasteiger partial charge in [0.2, 0.25) is 0 Å². The summed E-state index contributed by atoms with van der Waals surface area (Å²) in [6.45, 7) is 6.47. The Kier molecular flexibility index (Phi) is 3.36. The average Bonchev–Trinajstić information content (AvgIpc) is 2.01. The van der Waals surface area contributed by atoms with Crippen LogP contribution < -0.4 is 5.19 Å². The van der Waals surface area contributed by atoms with Crippen molar-refractivity contribution in [3.8, 4) is 0 Å². The molecule has 76 valence electrons. The van der Waals surface area contributed by atoms with Crippen molar-refractivity contribution in [1.29, 1.82) is 0 Å². The molecule has 0 heterocycles. The molecule has 1 N–H and O–H groups in total. The smallest absolute Gasteiger partial charge is 0.336 e. The van der Waals surface area contributed by atoms with Crippen LogP contribution >= 0.6 is 22.6 Å². The van der Waals surface area contributed by atoms with Crippen LogP contribution in [0.5, 0.6) is 0 Å². The maximum absolute atomic E-state index is 11.1. The van der Waals surface area contributed by atoms with E-state index in [-0.39, 0.29) is 0 Å². The molecule has 0 spiro atoms. The second kappa shape index (κ2) is 4.02. The van der Waals surface area contributed by atoms with E-state index >= 15 is 0 Å². The fourth-order valence-electron chi connectivity index (χ4n) is 1.37. The Balaban J connectivity index is 3.44. The minimum absolute atomic E-state index is 0.493. The predicted molar refractivity (Wildman–Crippen MR) is 69.1 cm³/mol. The molecule has 0 fully saturated rings. The van der Waals surface area contributed by atoms with Crippen LogP contribution in [0.4, 0.5) is 0 Å². The first-order chi connectivity index (χ1) is 6.34. The second-order valence-electron chi connectivity index (χ2n) is 4.22. The molecule has 0 saturated heterocycles. The molecule has 0 bridgehead atoms. The quantitative estimate of drug-likeness (QED) is 0.672. The summed E-state index contributed by atoms with van der Waals surface area (Å²) < 4.78 is 0.829. The monoisotopic (exact) mass is 320 g/mol.